The maximum atomic E-state index is 8.65. The fraction of sp³-hybridized carbons (Fsp3) is 0. The zero-order valence-electron chi connectivity index (χ0n) is 6.53. The predicted octanol–water partition coefficient (Wildman–Crippen LogP) is 2.15. The molecular formula is C9H4ClN3. The quantitative estimate of drug-likeness (QED) is 0.638. The van der Waals surface area contributed by atoms with Crippen LogP contribution in [0.1, 0.15) is 5.69 Å². The lowest BCUT2D eigenvalue weighted by molar-refractivity contribution is 1.25. The van der Waals surface area contributed by atoms with Gasteiger partial charge in [-0.2, -0.15) is 5.26 Å². The first-order chi connectivity index (χ1) is 6.31. The lowest BCUT2D eigenvalue weighted by Gasteiger charge is -1.97. The van der Waals surface area contributed by atoms with Crippen LogP contribution in [0.2, 0.25) is 5.02 Å². The fourth-order valence-electron chi connectivity index (χ4n) is 1.06. The minimum atomic E-state index is 0.216. The van der Waals surface area contributed by atoms with Crippen LogP contribution in [-0.4, -0.2) is 9.97 Å². The number of rotatable bonds is 0. The summed E-state index contributed by atoms with van der Waals surface area (Å²) in [5.74, 6) is 0. The highest BCUT2D eigenvalue weighted by Crippen LogP contribution is 2.18. The van der Waals surface area contributed by atoms with E-state index >= 15 is 0 Å². The van der Waals surface area contributed by atoms with Crippen LogP contribution in [0.25, 0.3) is 11.0 Å². The second-order valence-electron chi connectivity index (χ2n) is 2.48. The third-order valence-corrected chi connectivity index (χ3v) is 1.94. The van der Waals surface area contributed by atoms with E-state index in [1.807, 2.05) is 12.1 Å². The van der Waals surface area contributed by atoms with Crippen molar-refractivity contribution in [2.75, 3.05) is 0 Å². The molecule has 0 unspecified atom stereocenters. The standard InChI is InChI=1S/C9H4ClN3/c10-7-4-6-2-1-3-12-9(6)13-8(7)5-11/h1-4H. The van der Waals surface area contributed by atoms with Crippen molar-refractivity contribution in [1.82, 2.24) is 9.97 Å². The third kappa shape index (κ3) is 1.32. The van der Waals surface area contributed by atoms with Gasteiger partial charge in [-0.15, -0.1) is 0 Å². The first-order valence-electron chi connectivity index (χ1n) is 3.62. The molecule has 13 heavy (non-hydrogen) atoms. The van der Waals surface area contributed by atoms with E-state index in [1.54, 1.807) is 18.3 Å². The summed E-state index contributed by atoms with van der Waals surface area (Å²) in [5.41, 5.74) is 0.760. The summed E-state index contributed by atoms with van der Waals surface area (Å²) in [7, 11) is 0. The Kier molecular flexibility index (Phi) is 1.84. The van der Waals surface area contributed by atoms with E-state index < -0.39 is 0 Å². The molecule has 2 rings (SSSR count). The SMILES string of the molecule is N#Cc1nc2ncccc2cc1Cl. The van der Waals surface area contributed by atoms with Crippen LogP contribution >= 0.6 is 11.6 Å². The zero-order valence-corrected chi connectivity index (χ0v) is 7.28. The lowest BCUT2D eigenvalue weighted by Crippen LogP contribution is -1.88. The summed E-state index contributed by atoms with van der Waals surface area (Å²) in [6.07, 6.45) is 1.63. The van der Waals surface area contributed by atoms with E-state index in [1.165, 1.54) is 0 Å². The van der Waals surface area contributed by atoms with Crippen LogP contribution in [0, 0.1) is 11.3 Å². The highest BCUT2D eigenvalue weighted by atomic mass is 35.5. The summed E-state index contributed by atoms with van der Waals surface area (Å²) in [5, 5.41) is 9.86. The Morgan fingerprint density at radius 3 is 3.08 bits per heavy atom. The molecule has 2 aromatic heterocycles. The molecule has 0 amide bonds. The molecule has 62 valence electrons. The molecule has 0 saturated carbocycles. The van der Waals surface area contributed by atoms with E-state index in [0.717, 1.165) is 5.39 Å². The minimum Gasteiger partial charge on any atom is -0.237 e. The van der Waals surface area contributed by atoms with Gasteiger partial charge >= 0.3 is 0 Å². The molecule has 0 aromatic carbocycles. The Morgan fingerprint density at radius 1 is 1.46 bits per heavy atom. The summed E-state index contributed by atoms with van der Waals surface area (Å²) >= 11 is 5.79. The van der Waals surface area contributed by atoms with E-state index in [9.17, 15) is 0 Å². The molecule has 0 radical (unpaired) electrons. The molecule has 0 aliphatic heterocycles. The smallest absolute Gasteiger partial charge is 0.161 e. The number of hydrogen-bond acceptors (Lipinski definition) is 3. The van der Waals surface area contributed by atoms with E-state index in [0.29, 0.717) is 10.7 Å². The molecule has 2 heterocycles. The Morgan fingerprint density at radius 2 is 2.31 bits per heavy atom. The molecule has 3 nitrogen and oxygen atoms in total. The predicted molar refractivity (Wildman–Crippen MR) is 49.3 cm³/mol. The van der Waals surface area contributed by atoms with Crippen LogP contribution in [0.5, 0.6) is 0 Å². The van der Waals surface area contributed by atoms with Crippen molar-refractivity contribution in [3.8, 4) is 6.07 Å². The second-order valence-corrected chi connectivity index (χ2v) is 2.89. The molecule has 4 heteroatoms. The zero-order chi connectivity index (χ0) is 9.26. The number of halogens is 1. The molecule has 0 aliphatic rings. The number of fused-ring (bicyclic) bond motifs is 1. The van der Waals surface area contributed by atoms with Gasteiger partial charge in [0.05, 0.1) is 5.02 Å². The highest BCUT2D eigenvalue weighted by Gasteiger charge is 2.03. The summed E-state index contributed by atoms with van der Waals surface area (Å²) in [6, 6.07) is 7.24. The van der Waals surface area contributed by atoms with Crippen LogP contribution in [0.15, 0.2) is 24.4 Å². The van der Waals surface area contributed by atoms with Crippen molar-refractivity contribution < 1.29 is 0 Å². The molecule has 0 aliphatic carbocycles. The molecule has 0 atom stereocenters. The minimum absolute atomic E-state index is 0.216. The van der Waals surface area contributed by atoms with Crippen molar-refractivity contribution in [3.63, 3.8) is 0 Å². The second kappa shape index (κ2) is 3.00. The van der Waals surface area contributed by atoms with Gasteiger partial charge in [-0.05, 0) is 18.2 Å². The van der Waals surface area contributed by atoms with E-state index in [2.05, 4.69) is 9.97 Å². The summed E-state index contributed by atoms with van der Waals surface area (Å²) < 4.78 is 0. The molecule has 2 aromatic rings. The number of nitrogens with zero attached hydrogens (tertiary/aromatic N) is 3. The van der Waals surface area contributed by atoms with Crippen molar-refractivity contribution in [1.29, 1.82) is 5.26 Å². The number of pyridine rings is 2. The topological polar surface area (TPSA) is 49.6 Å². The molecule has 0 saturated heterocycles. The summed E-state index contributed by atoms with van der Waals surface area (Å²) in [4.78, 5) is 8.00. The van der Waals surface area contributed by atoms with Gasteiger partial charge in [-0.25, -0.2) is 9.97 Å². The van der Waals surface area contributed by atoms with Crippen LogP contribution in [-0.2, 0) is 0 Å². The van der Waals surface area contributed by atoms with Gasteiger partial charge in [-0.1, -0.05) is 11.6 Å². The van der Waals surface area contributed by atoms with Crippen molar-refractivity contribution in [2.45, 2.75) is 0 Å². The average Bonchev–Trinajstić information content (AvgIpc) is 2.17. The van der Waals surface area contributed by atoms with Gasteiger partial charge in [0.15, 0.2) is 11.3 Å². The molecule has 0 bridgehead atoms. The molecule has 0 spiro atoms. The monoisotopic (exact) mass is 189 g/mol. The van der Waals surface area contributed by atoms with Gasteiger partial charge in [0.2, 0.25) is 0 Å². The van der Waals surface area contributed by atoms with E-state index in [4.69, 9.17) is 16.9 Å². The Labute approximate surface area is 79.6 Å². The largest absolute Gasteiger partial charge is 0.237 e. The van der Waals surface area contributed by atoms with Gasteiger partial charge in [0, 0.05) is 11.6 Å². The highest BCUT2D eigenvalue weighted by molar-refractivity contribution is 6.32. The first kappa shape index (κ1) is 7.96. The Balaban J connectivity index is 2.83. The van der Waals surface area contributed by atoms with Crippen LogP contribution < -0.4 is 0 Å². The maximum absolute atomic E-state index is 8.65. The number of aromatic nitrogens is 2. The maximum Gasteiger partial charge on any atom is 0.161 e. The molecule has 0 fully saturated rings. The average molecular weight is 190 g/mol. The van der Waals surface area contributed by atoms with Gasteiger partial charge in [0.25, 0.3) is 0 Å². The number of nitriles is 1. The van der Waals surface area contributed by atoms with E-state index in [-0.39, 0.29) is 5.69 Å². The molecule has 0 N–H and O–H groups in total. The first-order valence-corrected chi connectivity index (χ1v) is 4.00. The number of hydrogen-bond donors (Lipinski definition) is 0. The molecular weight excluding hydrogens is 186 g/mol. The summed E-state index contributed by atoms with van der Waals surface area (Å²) in [6.45, 7) is 0. The van der Waals surface area contributed by atoms with Crippen molar-refractivity contribution in [2.24, 2.45) is 0 Å². The normalized spacial score (nSPS) is 9.85. The van der Waals surface area contributed by atoms with Gasteiger partial charge in [0.1, 0.15) is 6.07 Å². The van der Waals surface area contributed by atoms with Crippen LogP contribution in [0.3, 0.4) is 0 Å². The Bertz CT molecular complexity index is 502. The van der Waals surface area contributed by atoms with Crippen molar-refractivity contribution in [3.05, 3.63) is 35.1 Å². The van der Waals surface area contributed by atoms with Gasteiger partial charge in [-0.3, -0.25) is 0 Å². The lowest BCUT2D eigenvalue weighted by atomic mass is 10.2. The third-order valence-electron chi connectivity index (χ3n) is 1.65. The Hall–Kier alpha value is -1.66. The van der Waals surface area contributed by atoms with Crippen LogP contribution in [0.4, 0.5) is 0 Å². The van der Waals surface area contributed by atoms with Gasteiger partial charge < -0.3 is 0 Å². The van der Waals surface area contributed by atoms with Crippen molar-refractivity contribution >= 4 is 22.6 Å². The fourth-order valence-corrected chi connectivity index (χ4v) is 1.26.